The van der Waals surface area contributed by atoms with Crippen LogP contribution in [0.15, 0.2) is 4.79 Å². The number of piperazine rings is 1. The number of nitrogens with zero attached hydrogens (tertiary/aromatic N) is 4. The Hall–Kier alpha value is -1.47. The van der Waals surface area contributed by atoms with Crippen molar-refractivity contribution in [2.75, 3.05) is 44.2 Å². The summed E-state index contributed by atoms with van der Waals surface area (Å²) >= 11 is 0. The summed E-state index contributed by atoms with van der Waals surface area (Å²) in [6.45, 7) is 11.0. The van der Waals surface area contributed by atoms with E-state index in [2.05, 4.69) is 25.0 Å². The molecule has 0 unspecified atom stereocenters. The summed E-state index contributed by atoms with van der Waals surface area (Å²) in [6, 6.07) is 0. The first-order valence-electron chi connectivity index (χ1n) is 7.06. The maximum atomic E-state index is 12.1. The maximum Gasteiger partial charge on any atom is 0.274 e. The Balaban J connectivity index is 2.08. The van der Waals surface area contributed by atoms with Crippen molar-refractivity contribution < 1.29 is 0 Å². The summed E-state index contributed by atoms with van der Waals surface area (Å²) in [5, 5.41) is 8.29. The average molecular weight is 280 g/mol. The van der Waals surface area contributed by atoms with Crippen LogP contribution in [0.5, 0.6) is 0 Å². The second-order valence-electron chi connectivity index (χ2n) is 6.19. The number of aromatic amines is 1. The Bertz CT molecular complexity index is 498. The van der Waals surface area contributed by atoms with Crippen molar-refractivity contribution in [2.24, 2.45) is 5.73 Å². The molecule has 0 amide bonds. The number of aromatic nitrogens is 3. The molecule has 7 heteroatoms. The van der Waals surface area contributed by atoms with Crippen molar-refractivity contribution in [1.29, 1.82) is 0 Å². The minimum atomic E-state index is -0.293. The van der Waals surface area contributed by atoms with E-state index >= 15 is 0 Å². The summed E-state index contributed by atoms with van der Waals surface area (Å²) in [7, 11) is 0. The summed E-state index contributed by atoms with van der Waals surface area (Å²) in [5.41, 5.74) is 5.59. The Kier molecular flexibility index (Phi) is 4.39. The fraction of sp³-hybridized carbons (Fsp3) is 0.769. The molecule has 1 saturated heterocycles. The summed E-state index contributed by atoms with van der Waals surface area (Å²) in [5.74, 6) is 0.565. The van der Waals surface area contributed by atoms with E-state index in [-0.39, 0.29) is 11.0 Å². The van der Waals surface area contributed by atoms with E-state index < -0.39 is 0 Å². The predicted octanol–water partition coefficient (Wildman–Crippen LogP) is -0.457. The molecule has 2 heterocycles. The smallest absolute Gasteiger partial charge is 0.274 e. The molecule has 0 aliphatic carbocycles. The Morgan fingerprint density at radius 3 is 2.35 bits per heavy atom. The molecule has 0 bridgehead atoms. The van der Waals surface area contributed by atoms with Crippen LogP contribution in [0.1, 0.15) is 26.5 Å². The fourth-order valence-corrected chi connectivity index (χ4v) is 2.33. The zero-order chi connectivity index (χ0) is 14.8. The molecule has 0 spiro atoms. The normalized spacial score (nSPS) is 17.5. The summed E-state index contributed by atoms with van der Waals surface area (Å²) < 4.78 is 0. The van der Waals surface area contributed by atoms with Gasteiger partial charge in [0, 0.05) is 44.7 Å². The Morgan fingerprint density at radius 2 is 1.85 bits per heavy atom. The molecule has 2 rings (SSSR count). The first-order chi connectivity index (χ1) is 9.41. The first kappa shape index (κ1) is 14.9. The largest absolute Gasteiger partial charge is 0.338 e. The number of hydrogen-bond donors (Lipinski definition) is 2. The number of nitrogens with one attached hydrogen (secondary N) is 1. The lowest BCUT2D eigenvalue weighted by Crippen LogP contribution is -2.48. The van der Waals surface area contributed by atoms with Crippen LogP contribution in [0, 0.1) is 0 Å². The van der Waals surface area contributed by atoms with Crippen molar-refractivity contribution in [3.63, 3.8) is 0 Å². The van der Waals surface area contributed by atoms with Gasteiger partial charge >= 0.3 is 0 Å². The van der Waals surface area contributed by atoms with E-state index in [1.54, 1.807) is 0 Å². The van der Waals surface area contributed by atoms with Crippen molar-refractivity contribution in [3.05, 3.63) is 16.0 Å². The number of H-pyrrole nitrogens is 1. The molecule has 1 aliphatic rings. The van der Waals surface area contributed by atoms with Gasteiger partial charge in [-0.15, -0.1) is 10.2 Å². The summed E-state index contributed by atoms with van der Waals surface area (Å²) in [4.78, 5) is 19.3. The Morgan fingerprint density at radius 1 is 1.20 bits per heavy atom. The summed E-state index contributed by atoms with van der Waals surface area (Å²) in [6.07, 6.45) is 0. The van der Waals surface area contributed by atoms with Crippen molar-refractivity contribution in [1.82, 2.24) is 20.1 Å². The van der Waals surface area contributed by atoms with Crippen molar-refractivity contribution in [3.8, 4) is 0 Å². The second kappa shape index (κ2) is 5.88. The number of rotatable bonds is 3. The molecule has 112 valence electrons. The third kappa shape index (κ3) is 3.34. The maximum absolute atomic E-state index is 12.1. The van der Waals surface area contributed by atoms with Crippen LogP contribution < -0.4 is 16.2 Å². The highest BCUT2D eigenvalue weighted by atomic mass is 16.1. The van der Waals surface area contributed by atoms with Crippen LogP contribution in [-0.4, -0.2) is 59.3 Å². The molecule has 0 radical (unpaired) electrons. The van der Waals surface area contributed by atoms with Crippen LogP contribution in [0.3, 0.4) is 0 Å². The van der Waals surface area contributed by atoms with Gasteiger partial charge in [0.15, 0.2) is 0 Å². The molecule has 7 nitrogen and oxygen atoms in total. The topological polar surface area (TPSA) is 91.1 Å². The van der Waals surface area contributed by atoms with E-state index in [9.17, 15) is 4.79 Å². The molecule has 0 aromatic carbocycles. The number of anilines is 1. The molecule has 0 atom stereocenters. The zero-order valence-electron chi connectivity index (χ0n) is 12.5. The van der Waals surface area contributed by atoms with Crippen LogP contribution in [-0.2, 0) is 5.41 Å². The van der Waals surface area contributed by atoms with E-state index in [0.717, 1.165) is 32.7 Å². The van der Waals surface area contributed by atoms with E-state index in [1.165, 1.54) is 0 Å². The molecular weight excluding hydrogens is 256 g/mol. The molecular formula is C13H24N6O. The van der Waals surface area contributed by atoms with E-state index in [0.29, 0.717) is 18.2 Å². The van der Waals surface area contributed by atoms with Crippen LogP contribution in [0.2, 0.25) is 0 Å². The van der Waals surface area contributed by atoms with Crippen LogP contribution >= 0.6 is 0 Å². The highest BCUT2D eigenvalue weighted by Crippen LogP contribution is 2.16. The highest BCUT2D eigenvalue weighted by Gasteiger charge is 2.23. The molecule has 3 N–H and O–H groups in total. The van der Waals surface area contributed by atoms with Gasteiger partial charge in [0.2, 0.25) is 5.95 Å². The standard InChI is InChI=1S/C13H24N6O/c1-13(2,3)10-11(20)15-12(17-16-10)19-8-6-18(5-4-14)7-9-19/h4-9,14H2,1-3H3,(H,15,17,20). The third-order valence-corrected chi connectivity index (χ3v) is 3.51. The fourth-order valence-electron chi connectivity index (χ4n) is 2.33. The van der Waals surface area contributed by atoms with Crippen molar-refractivity contribution in [2.45, 2.75) is 26.2 Å². The monoisotopic (exact) mass is 280 g/mol. The zero-order valence-corrected chi connectivity index (χ0v) is 12.5. The molecule has 1 aliphatic heterocycles. The van der Waals surface area contributed by atoms with Crippen LogP contribution in [0.4, 0.5) is 5.95 Å². The van der Waals surface area contributed by atoms with Gasteiger partial charge < -0.3 is 10.6 Å². The lowest BCUT2D eigenvalue weighted by atomic mass is 9.93. The van der Waals surface area contributed by atoms with Gasteiger partial charge in [-0.2, -0.15) is 0 Å². The van der Waals surface area contributed by atoms with Crippen LogP contribution in [0.25, 0.3) is 0 Å². The first-order valence-corrected chi connectivity index (χ1v) is 7.06. The van der Waals surface area contributed by atoms with Gasteiger partial charge in [-0.05, 0) is 0 Å². The lowest BCUT2D eigenvalue weighted by molar-refractivity contribution is 0.263. The number of nitrogens with two attached hydrogens (primary N) is 1. The van der Waals surface area contributed by atoms with Gasteiger partial charge in [-0.25, -0.2) is 0 Å². The van der Waals surface area contributed by atoms with E-state index in [1.807, 2.05) is 20.8 Å². The minimum Gasteiger partial charge on any atom is -0.338 e. The SMILES string of the molecule is CC(C)(C)c1nnc(N2CCN(CCN)CC2)[nH]c1=O. The van der Waals surface area contributed by atoms with Gasteiger partial charge in [0.25, 0.3) is 5.56 Å². The minimum absolute atomic E-state index is 0.146. The second-order valence-corrected chi connectivity index (χ2v) is 6.19. The quantitative estimate of drug-likeness (QED) is 0.779. The molecule has 20 heavy (non-hydrogen) atoms. The van der Waals surface area contributed by atoms with Gasteiger partial charge in [0.1, 0.15) is 5.69 Å². The Labute approximate surface area is 119 Å². The van der Waals surface area contributed by atoms with Gasteiger partial charge in [0.05, 0.1) is 0 Å². The van der Waals surface area contributed by atoms with Gasteiger partial charge in [-0.3, -0.25) is 14.7 Å². The average Bonchev–Trinajstić information content (AvgIpc) is 2.38. The molecule has 1 aromatic rings. The third-order valence-electron chi connectivity index (χ3n) is 3.51. The molecule has 1 aromatic heterocycles. The number of hydrogen-bond acceptors (Lipinski definition) is 6. The molecule has 1 fully saturated rings. The molecule has 0 saturated carbocycles. The van der Waals surface area contributed by atoms with Crippen molar-refractivity contribution >= 4 is 5.95 Å². The van der Waals surface area contributed by atoms with E-state index in [4.69, 9.17) is 5.73 Å². The van der Waals surface area contributed by atoms with Gasteiger partial charge in [-0.1, -0.05) is 20.8 Å². The predicted molar refractivity (Wildman–Crippen MR) is 79.1 cm³/mol. The lowest BCUT2D eigenvalue weighted by Gasteiger charge is -2.34. The highest BCUT2D eigenvalue weighted by molar-refractivity contribution is 5.29.